The van der Waals surface area contributed by atoms with Crippen LogP contribution in [0.3, 0.4) is 0 Å². The summed E-state index contributed by atoms with van der Waals surface area (Å²) in [5.74, 6) is 0.0590. The van der Waals surface area contributed by atoms with Crippen molar-refractivity contribution in [2.24, 2.45) is 0 Å². The Hall–Kier alpha value is -5.58. The van der Waals surface area contributed by atoms with Crippen LogP contribution in [-0.2, 0) is 0 Å². The van der Waals surface area contributed by atoms with Gasteiger partial charge in [0.1, 0.15) is 0 Å². The molecule has 0 saturated heterocycles. The van der Waals surface area contributed by atoms with Crippen LogP contribution in [-0.4, -0.2) is 18.8 Å². The molecule has 0 bridgehead atoms. The first-order valence-electron chi connectivity index (χ1n) is 14.9. The van der Waals surface area contributed by atoms with Crippen molar-refractivity contribution >= 4 is 51.7 Å². The summed E-state index contributed by atoms with van der Waals surface area (Å²) in [5, 5.41) is 5.25. The zero-order valence-corrected chi connectivity index (χ0v) is 24.8. The predicted molar refractivity (Wildman–Crippen MR) is 182 cm³/mol. The molecule has 0 amide bonds. The van der Waals surface area contributed by atoms with Crippen molar-refractivity contribution in [3.8, 4) is 22.3 Å². The van der Waals surface area contributed by atoms with E-state index in [2.05, 4.69) is 132 Å². The van der Waals surface area contributed by atoms with Crippen LogP contribution < -0.4 is 25.6 Å². The molecule has 0 unspecified atom stereocenters. The average molecular weight is 579 g/mol. The minimum atomic E-state index is -2.74. The molecule has 9 rings (SSSR count). The molecule has 4 aliphatic rings. The van der Waals surface area contributed by atoms with Crippen molar-refractivity contribution in [3.63, 3.8) is 0 Å². The lowest BCUT2D eigenvalue weighted by Crippen LogP contribution is -2.77. The Morgan fingerprint density at radius 3 is 1.66 bits per heavy atom. The molecule has 0 fully saturated rings. The Morgan fingerprint density at radius 2 is 1.02 bits per heavy atom. The first kappa shape index (κ1) is 25.0. The third-order valence-electron chi connectivity index (χ3n) is 9.33. The van der Waals surface area contributed by atoms with Crippen molar-refractivity contribution in [1.29, 1.82) is 0 Å². The van der Waals surface area contributed by atoms with Gasteiger partial charge < -0.3 is 4.90 Å². The number of anilines is 3. The lowest BCUT2D eigenvalue weighted by molar-refractivity contribution is 0.104. The monoisotopic (exact) mass is 578 g/mol. The van der Waals surface area contributed by atoms with E-state index in [1.54, 1.807) is 0 Å². The fraction of sp³-hybridized carbons (Fsp3) is 0. The summed E-state index contributed by atoms with van der Waals surface area (Å²) in [4.78, 5) is 21.5. The van der Waals surface area contributed by atoms with E-state index in [-0.39, 0.29) is 5.78 Å². The van der Waals surface area contributed by atoms with Crippen molar-refractivity contribution < 1.29 is 4.79 Å². The Labute approximate surface area is 257 Å². The average Bonchev–Trinajstić information content (AvgIpc) is 3.47. The second kappa shape index (κ2) is 9.46. The van der Waals surface area contributed by atoms with E-state index in [0.29, 0.717) is 0 Å². The maximum Gasteiger partial charge on any atom is 0.197 e. The summed E-state index contributed by atoms with van der Waals surface area (Å²) in [5.41, 5.74) is 8.42. The molecule has 3 nitrogen and oxygen atoms in total. The van der Waals surface area contributed by atoms with E-state index in [0.717, 1.165) is 50.4 Å². The van der Waals surface area contributed by atoms with Crippen LogP contribution in [0.25, 0.3) is 22.3 Å². The van der Waals surface area contributed by atoms with Crippen molar-refractivity contribution in [1.82, 2.24) is 4.98 Å². The van der Waals surface area contributed by atoms with E-state index in [1.807, 2.05) is 30.6 Å². The number of fused-ring (bicyclic) bond motifs is 7. The third kappa shape index (κ3) is 3.26. The Kier molecular flexibility index (Phi) is 5.37. The van der Waals surface area contributed by atoms with Crippen LogP contribution in [0.1, 0.15) is 15.9 Å². The second-order valence-corrected chi connectivity index (χ2v) is 15.2. The number of para-hydroxylation sites is 2. The Bertz CT molecular complexity index is 2120. The maximum absolute atomic E-state index is 14.5. The highest BCUT2D eigenvalue weighted by molar-refractivity contribution is 7.21. The molecule has 4 aromatic carbocycles. The summed E-state index contributed by atoms with van der Waals surface area (Å²) in [7, 11) is -2.74. The summed E-state index contributed by atoms with van der Waals surface area (Å²) in [6, 6.07) is 51.8. The van der Waals surface area contributed by atoms with Gasteiger partial charge in [0, 0.05) is 28.7 Å². The van der Waals surface area contributed by atoms with Crippen LogP contribution in [0, 0.1) is 0 Å². The van der Waals surface area contributed by atoms with Gasteiger partial charge in [0.2, 0.25) is 0 Å². The molecule has 2 heterocycles. The van der Waals surface area contributed by atoms with Crippen molar-refractivity contribution in [3.05, 3.63) is 169 Å². The number of carbonyl (C=O) groups excluding carboxylic acids is 1. The molecule has 5 aromatic rings. The quantitative estimate of drug-likeness (QED) is 0.223. The van der Waals surface area contributed by atoms with Gasteiger partial charge in [0.05, 0.1) is 17.4 Å². The lowest BCUT2D eigenvalue weighted by Gasteiger charge is -2.45. The predicted octanol–water partition coefficient (Wildman–Crippen LogP) is 6.56. The third-order valence-corrected chi connectivity index (χ3v) is 14.2. The number of benzene rings is 4. The smallest absolute Gasteiger partial charge is 0.197 e. The largest absolute Gasteiger partial charge is 0.308 e. The van der Waals surface area contributed by atoms with Crippen molar-refractivity contribution in [2.75, 3.05) is 4.90 Å². The van der Waals surface area contributed by atoms with E-state index in [1.165, 1.54) is 20.7 Å². The highest BCUT2D eigenvalue weighted by atomic mass is 28.3. The van der Waals surface area contributed by atoms with Gasteiger partial charge in [-0.05, 0) is 55.6 Å². The molecule has 44 heavy (non-hydrogen) atoms. The van der Waals surface area contributed by atoms with Crippen LogP contribution >= 0.6 is 0 Å². The van der Waals surface area contributed by atoms with Gasteiger partial charge in [-0.15, -0.1) is 0 Å². The fourth-order valence-corrected chi connectivity index (χ4v) is 12.7. The maximum atomic E-state index is 14.5. The highest BCUT2D eigenvalue weighted by Crippen LogP contribution is 2.50. The van der Waals surface area contributed by atoms with Gasteiger partial charge in [-0.25, -0.2) is 0 Å². The number of ketones is 1. The normalized spacial score (nSPS) is 14.1. The number of pyridine rings is 1. The number of rotatable bonds is 3. The molecule has 3 aliphatic carbocycles. The van der Waals surface area contributed by atoms with Gasteiger partial charge in [0.25, 0.3) is 0 Å². The lowest BCUT2D eigenvalue weighted by atomic mass is 10.0. The molecule has 206 valence electrons. The van der Waals surface area contributed by atoms with Crippen LogP contribution in [0.4, 0.5) is 17.1 Å². The number of nitrogens with zero attached hydrogens (tertiary/aromatic N) is 2. The zero-order valence-electron chi connectivity index (χ0n) is 23.8. The van der Waals surface area contributed by atoms with Gasteiger partial charge >= 0.3 is 0 Å². The number of carbonyl (C=O) groups is 1. The SMILES string of the molecule is O=C1c2c3cccccc-3cc2-c2cncc(N3c4ccccc4[Si](c4ccccc4)(c4ccccc4)c4ccccc43)c21. The van der Waals surface area contributed by atoms with Crippen LogP contribution in [0.2, 0.25) is 0 Å². The van der Waals surface area contributed by atoms with E-state index in [4.69, 9.17) is 4.98 Å². The van der Waals surface area contributed by atoms with Gasteiger partial charge in [-0.2, -0.15) is 0 Å². The number of hydrogen-bond donors (Lipinski definition) is 0. The standard InChI is InChI=1S/C40H26N2OSi/c43-40-38-30-19-9-1-4-14-27(30)24-31(38)32-25-41-26-35(39(32)40)42-33-20-10-12-22-36(33)44(28-15-5-2-6-16-28,29-17-7-3-8-18-29)37-23-13-11-21-34(37)42/h1-26H. The van der Waals surface area contributed by atoms with Gasteiger partial charge in [-0.1, -0.05) is 127 Å². The van der Waals surface area contributed by atoms with Crippen LogP contribution in [0.15, 0.2) is 158 Å². The molecule has 0 atom stereocenters. The minimum absolute atomic E-state index is 0.0590. The zero-order chi connectivity index (χ0) is 29.3. The molecule has 4 heteroatoms. The van der Waals surface area contributed by atoms with Crippen molar-refractivity contribution in [2.45, 2.75) is 0 Å². The Balaban J connectivity index is 1.35. The molecule has 0 radical (unpaired) electrons. The number of aromatic nitrogens is 1. The first-order valence-corrected chi connectivity index (χ1v) is 16.9. The van der Waals surface area contributed by atoms with E-state index >= 15 is 0 Å². The van der Waals surface area contributed by atoms with Gasteiger partial charge in [0.15, 0.2) is 13.9 Å². The summed E-state index contributed by atoms with van der Waals surface area (Å²) >= 11 is 0. The molecule has 0 spiro atoms. The summed E-state index contributed by atoms with van der Waals surface area (Å²) in [6.45, 7) is 0. The van der Waals surface area contributed by atoms with E-state index < -0.39 is 8.07 Å². The molecular formula is C40H26N2OSi. The second-order valence-electron chi connectivity index (χ2n) is 11.5. The molecule has 0 N–H and O–H groups in total. The molecule has 1 aliphatic heterocycles. The first-order chi connectivity index (χ1) is 21.8. The van der Waals surface area contributed by atoms with E-state index in [9.17, 15) is 4.79 Å². The fourth-order valence-electron chi connectivity index (χ4n) is 7.60. The van der Waals surface area contributed by atoms with Gasteiger partial charge in [-0.3, -0.25) is 9.78 Å². The topological polar surface area (TPSA) is 33.2 Å². The molecular weight excluding hydrogens is 553 g/mol. The summed E-state index contributed by atoms with van der Waals surface area (Å²) < 4.78 is 0. The number of hydrogen-bond acceptors (Lipinski definition) is 3. The molecule has 1 aromatic heterocycles. The summed E-state index contributed by atoms with van der Waals surface area (Å²) in [6.07, 6.45) is 3.73. The Morgan fingerprint density at radius 1 is 0.477 bits per heavy atom. The van der Waals surface area contributed by atoms with Crippen LogP contribution in [0.5, 0.6) is 0 Å². The highest BCUT2D eigenvalue weighted by Gasteiger charge is 2.49. The minimum Gasteiger partial charge on any atom is -0.308 e. The molecule has 0 saturated carbocycles.